The second-order valence-electron chi connectivity index (χ2n) is 3.25. The summed E-state index contributed by atoms with van der Waals surface area (Å²) in [7, 11) is -2.00. The summed E-state index contributed by atoms with van der Waals surface area (Å²) >= 11 is 1.12. The Morgan fingerprint density at radius 3 is 2.78 bits per heavy atom. The zero-order valence-electron chi connectivity index (χ0n) is 9.80. The predicted octanol–water partition coefficient (Wildman–Crippen LogP) is -0.306. The molecule has 1 aromatic rings. The third kappa shape index (κ3) is 4.37. The number of hydrogen-bond donors (Lipinski definition) is 3. The zero-order chi connectivity index (χ0) is 13.6. The van der Waals surface area contributed by atoms with Crippen molar-refractivity contribution in [3.63, 3.8) is 0 Å². The summed E-state index contributed by atoms with van der Waals surface area (Å²) in [6.07, 6.45) is 5.12. The van der Waals surface area contributed by atoms with Crippen LogP contribution in [0.2, 0.25) is 0 Å². The maximum absolute atomic E-state index is 11.1. The molecule has 0 aromatic carbocycles. The molecule has 0 bridgehead atoms. The number of rotatable bonds is 4. The van der Waals surface area contributed by atoms with Crippen LogP contribution in [0.5, 0.6) is 0 Å². The summed E-state index contributed by atoms with van der Waals surface area (Å²) in [5.41, 5.74) is 0. The molecule has 1 heterocycles. The molecule has 0 radical (unpaired) electrons. The van der Waals surface area contributed by atoms with Gasteiger partial charge in [0.1, 0.15) is 4.21 Å². The van der Waals surface area contributed by atoms with Crippen LogP contribution in [0.3, 0.4) is 0 Å². The number of nitrogens with two attached hydrogens (primary N) is 1. The van der Waals surface area contributed by atoms with Crippen molar-refractivity contribution in [3.8, 4) is 12.3 Å². The summed E-state index contributed by atoms with van der Waals surface area (Å²) in [5, 5.41) is 10.9. The van der Waals surface area contributed by atoms with E-state index < -0.39 is 10.0 Å². The third-order valence-corrected chi connectivity index (χ3v) is 4.45. The molecule has 1 aromatic heterocycles. The first-order valence-corrected chi connectivity index (χ1v) is 7.33. The quantitative estimate of drug-likeness (QED) is 0.402. The Balaban J connectivity index is 2.59. The fourth-order valence-electron chi connectivity index (χ4n) is 1.13. The lowest BCUT2D eigenvalue weighted by molar-refractivity contribution is 0.600. The number of thiophene rings is 1. The minimum atomic E-state index is -3.62. The average Bonchev–Trinajstić information content (AvgIpc) is 2.78. The predicted molar refractivity (Wildman–Crippen MR) is 72.7 cm³/mol. The van der Waals surface area contributed by atoms with Gasteiger partial charge < -0.3 is 10.6 Å². The molecule has 0 aliphatic heterocycles. The number of hydrogen-bond acceptors (Lipinski definition) is 4. The highest BCUT2D eigenvalue weighted by Crippen LogP contribution is 2.19. The first-order valence-electron chi connectivity index (χ1n) is 4.97. The molecule has 0 spiro atoms. The highest BCUT2D eigenvalue weighted by molar-refractivity contribution is 7.91. The van der Waals surface area contributed by atoms with E-state index in [-0.39, 0.29) is 4.21 Å². The Bertz CT molecular complexity index is 569. The number of sulfonamides is 1. The van der Waals surface area contributed by atoms with Crippen molar-refractivity contribution in [1.82, 2.24) is 10.6 Å². The van der Waals surface area contributed by atoms with Crippen molar-refractivity contribution in [3.05, 3.63) is 17.0 Å². The Hall–Kier alpha value is -1.56. The number of guanidine groups is 1. The maximum atomic E-state index is 11.1. The standard InChI is InChI=1S/C10H14N4O2S2/c1-3-6-13-10(12-2)14-7-8-4-5-9(17-8)18(11,15)16/h1,4-5H,6-7H2,2H3,(H2,11,15,16)(H2,12,13,14). The van der Waals surface area contributed by atoms with Crippen LogP contribution in [0.25, 0.3) is 0 Å². The first kappa shape index (κ1) is 14.5. The maximum Gasteiger partial charge on any atom is 0.247 e. The van der Waals surface area contributed by atoms with E-state index >= 15 is 0 Å². The number of nitrogens with zero attached hydrogens (tertiary/aromatic N) is 1. The third-order valence-electron chi connectivity index (χ3n) is 1.93. The fraction of sp³-hybridized carbons (Fsp3) is 0.300. The van der Waals surface area contributed by atoms with E-state index in [0.717, 1.165) is 16.2 Å². The van der Waals surface area contributed by atoms with Crippen LogP contribution in [-0.4, -0.2) is 28.0 Å². The molecule has 0 saturated heterocycles. The van der Waals surface area contributed by atoms with Gasteiger partial charge in [0, 0.05) is 11.9 Å². The van der Waals surface area contributed by atoms with Gasteiger partial charge in [-0.1, -0.05) is 5.92 Å². The topological polar surface area (TPSA) is 96.6 Å². The molecule has 98 valence electrons. The molecule has 0 atom stereocenters. The molecule has 6 nitrogen and oxygen atoms in total. The number of nitrogens with one attached hydrogen (secondary N) is 2. The summed E-state index contributed by atoms with van der Waals surface area (Å²) < 4.78 is 22.3. The molecular formula is C10H14N4O2S2. The van der Waals surface area contributed by atoms with Crippen LogP contribution in [0.15, 0.2) is 21.3 Å². The summed E-state index contributed by atoms with van der Waals surface area (Å²) in [4.78, 5) is 4.79. The Morgan fingerprint density at radius 1 is 1.56 bits per heavy atom. The lowest BCUT2D eigenvalue weighted by atomic mass is 10.5. The largest absolute Gasteiger partial charge is 0.352 e. The minimum absolute atomic E-state index is 0.144. The minimum Gasteiger partial charge on any atom is -0.352 e. The highest BCUT2D eigenvalue weighted by atomic mass is 32.2. The molecule has 0 saturated carbocycles. The van der Waals surface area contributed by atoms with Crippen molar-refractivity contribution >= 4 is 27.3 Å². The van der Waals surface area contributed by atoms with E-state index in [1.54, 1.807) is 13.1 Å². The van der Waals surface area contributed by atoms with Crippen molar-refractivity contribution in [2.45, 2.75) is 10.8 Å². The highest BCUT2D eigenvalue weighted by Gasteiger charge is 2.11. The molecule has 8 heteroatoms. The summed E-state index contributed by atoms with van der Waals surface area (Å²) in [6, 6.07) is 3.18. The Kier molecular flexibility index (Phi) is 5.15. The van der Waals surface area contributed by atoms with Gasteiger partial charge >= 0.3 is 0 Å². The SMILES string of the molecule is C#CCNC(=NC)NCc1ccc(S(N)(=O)=O)s1. The summed E-state index contributed by atoms with van der Waals surface area (Å²) in [6.45, 7) is 0.816. The van der Waals surface area contributed by atoms with Gasteiger partial charge in [0.05, 0.1) is 13.1 Å². The molecule has 0 aliphatic rings. The monoisotopic (exact) mass is 286 g/mol. The van der Waals surface area contributed by atoms with Crippen molar-refractivity contribution in [2.24, 2.45) is 10.1 Å². The fourth-order valence-corrected chi connectivity index (χ4v) is 2.85. The van der Waals surface area contributed by atoms with Crippen molar-refractivity contribution in [2.75, 3.05) is 13.6 Å². The van der Waals surface area contributed by atoms with Crippen LogP contribution in [0.4, 0.5) is 0 Å². The average molecular weight is 286 g/mol. The van der Waals surface area contributed by atoms with Crippen molar-refractivity contribution in [1.29, 1.82) is 0 Å². The van der Waals surface area contributed by atoms with E-state index in [0.29, 0.717) is 19.0 Å². The van der Waals surface area contributed by atoms with Gasteiger partial charge in [0.25, 0.3) is 0 Å². The summed E-state index contributed by atoms with van der Waals surface area (Å²) in [5.74, 6) is 2.98. The van der Waals surface area contributed by atoms with Crippen LogP contribution < -0.4 is 15.8 Å². The van der Waals surface area contributed by atoms with Gasteiger partial charge in [0.15, 0.2) is 5.96 Å². The van der Waals surface area contributed by atoms with Crippen LogP contribution in [0, 0.1) is 12.3 Å². The number of aliphatic imine (C=N–C) groups is 1. The smallest absolute Gasteiger partial charge is 0.247 e. The normalized spacial score (nSPS) is 11.9. The molecule has 4 N–H and O–H groups in total. The van der Waals surface area contributed by atoms with Crippen LogP contribution in [-0.2, 0) is 16.6 Å². The molecule has 1 rings (SSSR count). The van der Waals surface area contributed by atoms with E-state index in [1.807, 2.05) is 0 Å². The van der Waals surface area contributed by atoms with Crippen LogP contribution >= 0.6 is 11.3 Å². The number of primary sulfonamides is 1. The van der Waals surface area contributed by atoms with Crippen molar-refractivity contribution < 1.29 is 8.42 Å². The van der Waals surface area contributed by atoms with E-state index in [2.05, 4.69) is 21.5 Å². The van der Waals surface area contributed by atoms with Gasteiger partial charge in [-0.3, -0.25) is 4.99 Å². The van der Waals surface area contributed by atoms with Crippen LogP contribution in [0.1, 0.15) is 4.88 Å². The van der Waals surface area contributed by atoms with Gasteiger partial charge in [-0.2, -0.15) is 0 Å². The van der Waals surface area contributed by atoms with Gasteiger partial charge in [-0.25, -0.2) is 13.6 Å². The Morgan fingerprint density at radius 2 is 2.28 bits per heavy atom. The van der Waals surface area contributed by atoms with E-state index in [1.165, 1.54) is 6.07 Å². The molecule has 18 heavy (non-hydrogen) atoms. The lowest BCUT2D eigenvalue weighted by Gasteiger charge is -2.08. The zero-order valence-corrected chi connectivity index (χ0v) is 11.4. The molecule has 0 aliphatic carbocycles. The second kappa shape index (κ2) is 6.39. The first-order chi connectivity index (χ1) is 8.47. The van der Waals surface area contributed by atoms with E-state index in [4.69, 9.17) is 11.6 Å². The van der Waals surface area contributed by atoms with Gasteiger partial charge in [0.2, 0.25) is 10.0 Å². The Labute approximate surface area is 110 Å². The van der Waals surface area contributed by atoms with Gasteiger partial charge in [-0.15, -0.1) is 17.8 Å². The lowest BCUT2D eigenvalue weighted by Crippen LogP contribution is -2.36. The van der Waals surface area contributed by atoms with Gasteiger partial charge in [-0.05, 0) is 12.1 Å². The number of terminal acetylenes is 1. The molecule has 0 unspecified atom stereocenters. The molecule has 0 amide bonds. The molecule has 0 fully saturated rings. The molecular weight excluding hydrogens is 272 g/mol. The second-order valence-corrected chi connectivity index (χ2v) is 6.21. The van der Waals surface area contributed by atoms with E-state index in [9.17, 15) is 8.42 Å².